The van der Waals surface area contributed by atoms with E-state index < -0.39 is 0 Å². The van der Waals surface area contributed by atoms with Crippen LogP contribution in [0.15, 0.2) is 67.3 Å². The molecular formula is C19H20O. The molecule has 0 saturated carbocycles. The number of carbonyl (C=O) groups excluding carboxylic acids is 1. The average molecular weight is 264 g/mol. The summed E-state index contributed by atoms with van der Waals surface area (Å²) in [4.78, 5) is 11.2. The van der Waals surface area contributed by atoms with Gasteiger partial charge in [-0.15, -0.1) is 0 Å². The highest BCUT2D eigenvalue weighted by atomic mass is 16.1. The fourth-order valence-electron chi connectivity index (χ4n) is 2.35. The van der Waals surface area contributed by atoms with Gasteiger partial charge in [-0.3, -0.25) is 4.79 Å². The number of allylic oxidation sites excluding steroid dienone is 1. The van der Waals surface area contributed by atoms with Crippen molar-refractivity contribution in [3.63, 3.8) is 0 Å². The zero-order valence-corrected chi connectivity index (χ0v) is 11.7. The Morgan fingerprint density at radius 2 is 1.65 bits per heavy atom. The van der Waals surface area contributed by atoms with E-state index in [0.717, 1.165) is 19.3 Å². The van der Waals surface area contributed by atoms with Crippen LogP contribution < -0.4 is 0 Å². The lowest BCUT2D eigenvalue weighted by molar-refractivity contribution is -0.114. The first-order valence-electron chi connectivity index (χ1n) is 7.10. The molecule has 2 rings (SSSR count). The Morgan fingerprint density at radius 1 is 0.950 bits per heavy atom. The molecule has 2 aromatic carbocycles. The third kappa shape index (κ3) is 3.92. The largest absolute Gasteiger partial charge is 0.295 e. The maximum absolute atomic E-state index is 11.2. The number of ketones is 1. The van der Waals surface area contributed by atoms with Gasteiger partial charge in [0.05, 0.1) is 0 Å². The van der Waals surface area contributed by atoms with E-state index in [2.05, 4.69) is 55.1 Å². The van der Waals surface area contributed by atoms with Gasteiger partial charge in [0.15, 0.2) is 5.78 Å². The molecule has 0 aliphatic rings. The maximum atomic E-state index is 11.2. The van der Waals surface area contributed by atoms with Crippen LogP contribution in [0.3, 0.4) is 0 Å². The summed E-state index contributed by atoms with van der Waals surface area (Å²) in [6, 6.07) is 18.9. The summed E-state index contributed by atoms with van der Waals surface area (Å²) >= 11 is 0. The summed E-state index contributed by atoms with van der Waals surface area (Å²) in [7, 11) is 0. The Morgan fingerprint density at radius 3 is 2.40 bits per heavy atom. The third-order valence-electron chi connectivity index (χ3n) is 3.45. The van der Waals surface area contributed by atoms with Crippen molar-refractivity contribution in [2.24, 2.45) is 0 Å². The molecule has 1 nitrogen and oxygen atoms in total. The molecule has 0 radical (unpaired) electrons. The van der Waals surface area contributed by atoms with Crippen LogP contribution in [0.1, 0.15) is 24.8 Å². The molecule has 20 heavy (non-hydrogen) atoms. The van der Waals surface area contributed by atoms with Crippen LogP contribution in [0.5, 0.6) is 0 Å². The van der Waals surface area contributed by atoms with Crippen LogP contribution in [0.4, 0.5) is 0 Å². The highest BCUT2D eigenvalue weighted by molar-refractivity contribution is 5.88. The molecule has 0 atom stereocenters. The normalized spacial score (nSPS) is 10.2. The van der Waals surface area contributed by atoms with E-state index in [1.54, 1.807) is 0 Å². The second-order valence-corrected chi connectivity index (χ2v) is 4.90. The monoisotopic (exact) mass is 264 g/mol. The predicted molar refractivity (Wildman–Crippen MR) is 84.6 cm³/mol. The van der Waals surface area contributed by atoms with E-state index in [4.69, 9.17) is 0 Å². The van der Waals surface area contributed by atoms with Gasteiger partial charge in [0.25, 0.3) is 0 Å². The van der Waals surface area contributed by atoms with Gasteiger partial charge in [-0.2, -0.15) is 0 Å². The lowest BCUT2D eigenvalue weighted by Gasteiger charge is -2.09. The van der Waals surface area contributed by atoms with Gasteiger partial charge < -0.3 is 0 Å². The third-order valence-corrected chi connectivity index (χ3v) is 3.45. The van der Waals surface area contributed by atoms with E-state index in [9.17, 15) is 4.79 Å². The van der Waals surface area contributed by atoms with Crippen LogP contribution in [-0.4, -0.2) is 5.78 Å². The Labute approximate surface area is 121 Å². The van der Waals surface area contributed by atoms with Crippen molar-refractivity contribution in [1.82, 2.24) is 0 Å². The molecule has 0 saturated heterocycles. The smallest absolute Gasteiger partial charge is 0.155 e. The molecule has 0 amide bonds. The number of hydrogen-bond donors (Lipinski definition) is 0. The SMILES string of the molecule is C=CC(=O)CCCCc1ccccc1-c1ccccc1. The van der Waals surface area contributed by atoms with E-state index in [1.807, 2.05) is 6.07 Å². The number of benzene rings is 2. The Kier molecular flexibility index (Phi) is 5.31. The first-order valence-corrected chi connectivity index (χ1v) is 7.10. The molecule has 0 bridgehead atoms. The van der Waals surface area contributed by atoms with Gasteiger partial charge in [-0.25, -0.2) is 0 Å². The molecule has 0 fully saturated rings. The first-order chi connectivity index (χ1) is 9.81. The molecule has 2 aromatic rings. The molecule has 0 aliphatic heterocycles. The molecule has 0 aliphatic carbocycles. The molecule has 0 spiro atoms. The van der Waals surface area contributed by atoms with Crippen molar-refractivity contribution in [3.05, 3.63) is 72.8 Å². The topological polar surface area (TPSA) is 17.1 Å². The minimum absolute atomic E-state index is 0.140. The Hall–Kier alpha value is -2.15. The summed E-state index contributed by atoms with van der Waals surface area (Å²) < 4.78 is 0. The van der Waals surface area contributed by atoms with Gasteiger partial charge in [0.1, 0.15) is 0 Å². The van der Waals surface area contributed by atoms with Gasteiger partial charge >= 0.3 is 0 Å². The van der Waals surface area contributed by atoms with Crippen LogP contribution in [0.25, 0.3) is 11.1 Å². The van der Waals surface area contributed by atoms with Gasteiger partial charge in [0.2, 0.25) is 0 Å². The van der Waals surface area contributed by atoms with Crippen molar-refractivity contribution in [3.8, 4) is 11.1 Å². The maximum Gasteiger partial charge on any atom is 0.155 e. The van der Waals surface area contributed by atoms with Crippen LogP contribution >= 0.6 is 0 Å². The standard InChI is InChI=1S/C19H20O/c1-2-18(20)14-8-6-12-17-13-7-9-15-19(17)16-10-4-3-5-11-16/h2-5,7,9-11,13,15H,1,6,8,12,14H2. The Bertz CT molecular complexity index is 569. The van der Waals surface area contributed by atoms with E-state index in [0.29, 0.717) is 6.42 Å². The Balaban J connectivity index is 2.02. The molecule has 0 N–H and O–H groups in total. The lowest BCUT2D eigenvalue weighted by Crippen LogP contribution is -1.94. The quantitative estimate of drug-likeness (QED) is 0.517. The number of unbranched alkanes of at least 4 members (excludes halogenated alkanes) is 1. The second kappa shape index (κ2) is 7.44. The van der Waals surface area contributed by atoms with Crippen LogP contribution in [-0.2, 0) is 11.2 Å². The minimum atomic E-state index is 0.140. The van der Waals surface area contributed by atoms with E-state index >= 15 is 0 Å². The molecule has 1 heteroatoms. The summed E-state index contributed by atoms with van der Waals surface area (Å²) in [5, 5.41) is 0. The zero-order chi connectivity index (χ0) is 14.2. The highest BCUT2D eigenvalue weighted by Gasteiger charge is 2.04. The molecular weight excluding hydrogens is 244 g/mol. The zero-order valence-electron chi connectivity index (χ0n) is 11.7. The average Bonchev–Trinajstić information content (AvgIpc) is 2.52. The molecule has 0 aromatic heterocycles. The minimum Gasteiger partial charge on any atom is -0.295 e. The lowest BCUT2D eigenvalue weighted by atomic mass is 9.96. The number of rotatable bonds is 7. The van der Waals surface area contributed by atoms with E-state index in [-0.39, 0.29) is 5.78 Å². The molecule has 0 unspecified atom stereocenters. The predicted octanol–water partition coefficient (Wildman–Crippen LogP) is 4.82. The van der Waals surface area contributed by atoms with Gasteiger partial charge in [0, 0.05) is 6.42 Å². The van der Waals surface area contributed by atoms with Crippen LogP contribution in [0, 0.1) is 0 Å². The highest BCUT2D eigenvalue weighted by Crippen LogP contribution is 2.24. The van der Waals surface area contributed by atoms with Crippen molar-refractivity contribution in [2.45, 2.75) is 25.7 Å². The number of carbonyl (C=O) groups is 1. The number of aryl methyl sites for hydroxylation is 1. The van der Waals surface area contributed by atoms with Crippen molar-refractivity contribution < 1.29 is 4.79 Å². The van der Waals surface area contributed by atoms with E-state index in [1.165, 1.54) is 22.8 Å². The summed E-state index contributed by atoms with van der Waals surface area (Å²) in [6.07, 6.45) is 4.99. The van der Waals surface area contributed by atoms with Crippen molar-refractivity contribution >= 4 is 5.78 Å². The number of hydrogen-bond acceptors (Lipinski definition) is 1. The summed E-state index contributed by atoms with van der Waals surface area (Å²) in [6.45, 7) is 3.50. The molecule has 102 valence electrons. The summed E-state index contributed by atoms with van der Waals surface area (Å²) in [5.41, 5.74) is 3.90. The second-order valence-electron chi connectivity index (χ2n) is 4.90. The fourth-order valence-corrected chi connectivity index (χ4v) is 2.35. The van der Waals surface area contributed by atoms with Gasteiger partial charge in [-0.1, -0.05) is 61.2 Å². The van der Waals surface area contributed by atoms with Crippen LogP contribution in [0.2, 0.25) is 0 Å². The first kappa shape index (κ1) is 14.3. The summed E-state index contributed by atoms with van der Waals surface area (Å²) in [5.74, 6) is 0.140. The fraction of sp³-hybridized carbons (Fsp3) is 0.211. The van der Waals surface area contributed by atoms with Crippen molar-refractivity contribution in [1.29, 1.82) is 0 Å². The molecule has 0 heterocycles. The van der Waals surface area contributed by atoms with Crippen molar-refractivity contribution in [2.75, 3.05) is 0 Å². The van der Waals surface area contributed by atoms with Gasteiger partial charge in [-0.05, 0) is 42.0 Å².